The molecule has 24 heavy (non-hydrogen) atoms. The van der Waals surface area contributed by atoms with Crippen LogP contribution >= 0.6 is 0 Å². The van der Waals surface area contributed by atoms with Crippen molar-refractivity contribution in [2.45, 2.75) is 23.3 Å². The molecule has 0 aromatic heterocycles. The number of nitro benzene ring substituents is 1. The van der Waals surface area contributed by atoms with Crippen LogP contribution in [0.25, 0.3) is 0 Å². The first-order valence-electron chi connectivity index (χ1n) is 7.09. The molecule has 0 unspecified atom stereocenters. The molecule has 2 aromatic carbocycles. The second kappa shape index (κ2) is 5.84. The van der Waals surface area contributed by atoms with Crippen LogP contribution in [0.3, 0.4) is 0 Å². The number of non-ortho nitro benzene ring substituents is 1. The van der Waals surface area contributed by atoms with Crippen LogP contribution < -0.4 is 10.5 Å². The van der Waals surface area contributed by atoms with Gasteiger partial charge < -0.3 is 5.32 Å². The quantitative estimate of drug-likeness (QED) is 0.634. The van der Waals surface area contributed by atoms with Crippen molar-refractivity contribution in [3.63, 3.8) is 0 Å². The fourth-order valence-corrected chi connectivity index (χ4v) is 3.33. The van der Waals surface area contributed by atoms with Gasteiger partial charge in [0.15, 0.2) is 0 Å². The highest BCUT2D eigenvalue weighted by molar-refractivity contribution is 7.89. The molecule has 1 saturated carbocycles. The minimum absolute atomic E-state index is 0.00768. The number of rotatable bonds is 5. The highest BCUT2D eigenvalue weighted by Gasteiger charge is 2.39. The Bertz CT molecular complexity index is 917. The van der Waals surface area contributed by atoms with E-state index in [1.54, 1.807) is 12.1 Å². The van der Waals surface area contributed by atoms with Gasteiger partial charge in [0.2, 0.25) is 10.0 Å². The number of hydrogen-bond donors (Lipinski definition) is 2. The minimum Gasteiger partial charge on any atom is -0.380 e. The molecule has 0 radical (unpaired) electrons. The van der Waals surface area contributed by atoms with Gasteiger partial charge in [0.25, 0.3) is 5.69 Å². The molecule has 1 fully saturated rings. The van der Waals surface area contributed by atoms with E-state index in [1.165, 1.54) is 12.1 Å². The first-order chi connectivity index (χ1) is 11.3. The Morgan fingerprint density at radius 3 is 2.62 bits per heavy atom. The Hall–Kier alpha value is -2.52. The summed E-state index contributed by atoms with van der Waals surface area (Å²) in [6.45, 7) is 0. The van der Waals surface area contributed by atoms with E-state index in [2.05, 4.69) is 5.32 Å². The van der Waals surface area contributed by atoms with Crippen LogP contribution in [0.5, 0.6) is 0 Å². The third-order valence-electron chi connectivity index (χ3n) is 3.89. The Balaban J connectivity index is 1.87. The molecule has 2 aromatic rings. The lowest BCUT2D eigenvalue weighted by Crippen LogP contribution is -2.16. The Labute approximate surface area is 137 Å². The number of nitrogens with one attached hydrogen (secondary N) is 1. The summed E-state index contributed by atoms with van der Waals surface area (Å²) in [6.07, 6.45) is 0.663. The van der Waals surface area contributed by atoms with Gasteiger partial charge >= 0.3 is 0 Å². The van der Waals surface area contributed by atoms with Gasteiger partial charge in [-0.2, -0.15) is 0 Å². The molecule has 0 bridgehead atoms. The van der Waals surface area contributed by atoms with Gasteiger partial charge in [0.1, 0.15) is 10.7 Å². The molecule has 0 spiro atoms. The number of nitro groups is 1. The largest absolute Gasteiger partial charge is 0.380 e. The predicted molar refractivity (Wildman–Crippen MR) is 85.6 cm³/mol. The average molecular weight is 351 g/mol. The van der Waals surface area contributed by atoms with Crippen molar-refractivity contribution in [1.29, 1.82) is 0 Å². The zero-order chi connectivity index (χ0) is 17.5. The molecule has 9 heteroatoms. The number of nitrogens with zero attached hydrogens (tertiary/aromatic N) is 1. The maximum absolute atomic E-state index is 13.3. The number of sulfonamides is 1. The topological polar surface area (TPSA) is 115 Å². The molecule has 0 saturated heterocycles. The van der Waals surface area contributed by atoms with E-state index in [1.807, 2.05) is 0 Å². The lowest BCUT2D eigenvalue weighted by Gasteiger charge is -2.10. The van der Waals surface area contributed by atoms with Crippen molar-refractivity contribution in [2.24, 2.45) is 5.14 Å². The third kappa shape index (κ3) is 3.36. The molecule has 1 aliphatic carbocycles. The Morgan fingerprint density at radius 2 is 2.00 bits per heavy atom. The van der Waals surface area contributed by atoms with E-state index < -0.39 is 14.9 Å². The van der Waals surface area contributed by atoms with Gasteiger partial charge in [-0.1, -0.05) is 12.1 Å². The molecule has 7 nitrogen and oxygen atoms in total. The summed E-state index contributed by atoms with van der Waals surface area (Å²) in [5.41, 5.74) is 0.624. The summed E-state index contributed by atoms with van der Waals surface area (Å²) in [5, 5.41) is 19.0. The summed E-state index contributed by atoms with van der Waals surface area (Å²) in [5.74, 6) is -0.341. The molecule has 0 amide bonds. The first-order valence-corrected chi connectivity index (χ1v) is 8.63. The summed E-state index contributed by atoms with van der Waals surface area (Å²) in [6, 6.07) is 9.33. The van der Waals surface area contributed by atoms with Crippen LogP contribution in [0.4, 0.5) is 15.8 Å². The molecule has 3 rings (SSSR count). The second-order valence-corrected chi connectivity index (χ2v) is 7.16. The van der Waals surface area contributed by atoms with Gasteiger partial charge in [-0.05, 0) is 30.2 Å². The van der Waals surface area contributed by atoms with Crippen molar-refractivity contribution < 1.29 is 17.7 Å². The van der Waals surface area contributed by atoms with Gasteiger partial charge in [0, 0.05) is 24.1 Å². The average Bonchev–Trinajstić information content (AvgIpc) is 3.25. The van der Waals surface area contributed by atoms with Crippen molar-refractivity contribution in [2.75, 3.05) is 5.32 Å². The van der Waals surface area contributed by atoms with E-state index in [0.717, 1.165) is 23.8 Å². The number of benzene rings is 2. The van der Waals surface area contributed by atoms with E-state index in [4.69, 9.17) is 5.14 Å². The van der Waals surface area contributed by atoms with Gasteiger partial charge in [0.05, 0.1) is 10.6 Å². The maximum Gasteiger partial charge on any atom is 0.271 e. The number of nitrogens with two attached hydrogens (primary N) is 1. The number of halogens is 1. The fraction of sp³-hybridized carbons (Fsp3) is 0.200. The normalized spacial score (nSPS) is 19.8. The van der Waals surface area contributed by atoms with Crippen LogP contribution in [0.1, 0.15) is 17.9 Å². The van der Waals surface area contributed by atoms with Crippen LogP contribution in [0.15, 0.2) is 47.4 Å². The monoisotopic (exact) mass is 351 g/mol. The number of anilines is 1. The number of primary sulfonamides is 1. The molecule has 0 aliphatic heterocycles. The SMILES string of the molecule is NS(=O)(=O)c1ccc([N+](=O)[O-])cc1N[C@@H]1C[C@H]1c1cccc(F)c1. The Morgan fingerprint density at radius 1 is 1.25 bits per heavy atom. The molecule has 3 N–H and O–H groups in total. The predicted octanol–water partition coefficient (Wildman–Crippen LogP) is 2.35. The van der Waals surface area contributed by atoms with Gasteiger partial charge in [-0.3, -0.25) is 10.1 Å². The van der Waals surface area contributed by atoms with E-state index >= 15 is 0 Å². The fourth-order valence-electron chi connectivity index (χ4n) is 2.65. The zero-order valence-electron chi connectivity index (χ0n) is 12.3. The summed E-state index contributed by atoms with van der Waals surface area (Å²) in [7, 11) is -4.03. The highest BCUT2D eigenvalue weighted by atomic mass is 32.2. The van der Waals surface area contributed by atoms with Crippen LogP contribution in [0, 0.1) is 15.9 Å². The van der Waals surface area contributed by atoms with E-state index in [9.17, 15) is 22.9 Å². The lowest BCUT2D eigenvalue weighted by atomic mass is 10.1. The molecule has 2 atom stereocenters. The van der Waals surface area contributed by atoms with Gasteiger partial charge in [-0.25, -0.2) is 17.9 Å². The first kappa shape index (κ1) is 16.3. The van der Waals surface area contributed by atoms with Crippen molar-refractivity contribution in [3.05, 3.63) is 64.0 Å². The van der Waals surface area contributed by atoms with E-state index in [0.29, 0.717) is 6.42 Å². The van der Waals surface area contributed by atoms with Crippen LogP contribution in [0.2, 0.25) is 0 Å². The van der Waals surface area contributed by atoms with Gasteiger partial charge in [-0.15, -0.1) is 0 Å². The molecular formula is C15H14FN3O4S. The second-order valence-electron chi connectivity index (χ2n) is 5.63. The lowest BCUT2D eigenvalue weighted by molar-refractivity contribution is -0.384. The molecule has 126 valence electrons. The van der Waals surface area contributed by atoms with Crippen LogP contribution in [-0.2, 0) is 10.0 Å². The zero-order valence-corrected chi connectivity index (χ0v) is 13.2. The minimum atomic E-state index is -4.03. The van der Waals surface area contributed by atoms with Crippen molar-refractivity contribution in [1.82, 2.24) is 0 Å². The Kier molecular flexibility index (Phi) is 3.98. The third-order valence-corrected chi connectivity index (χ3v) is 4.86. The highest BCUT2D eigenvalue weighted by Crippen LogP contribution is 2.44. The van der Waals surface area contributed by atoms with Crippen molar-refractivity contribution >= 4 is 21.4 Å². The summed E-state index contributed by atoms with van der Waals surface area (Å²) in [4.78, 5) is 10.1. The summed E-state index contributed by atoms with van der Waals surface area (Å²) < 4.78 is 36.6. The standard InChI is InChI=1S/C15H14FN3O4S/c16-10-3-1-2-9(6-10)12-8-13(12)18-14-7-11(19(20)21)4-5-15(14)24(17,22)23/h1-7,12-13,18H,8H2,(H2,17,22,23)/t12-,13+/m0/s1. The summed E-state index contributed by atoms with van der Waals surface area (Å²) >= 11 is 0. The van der Waals surface area contributed by atoms with E-state index in [-0.39, 0.29) is 34.0 Å². The molecule has 0 heterocycles. The smallest absolute Gasteiger partial charge is 0.271 e. The van der Waals surface area contributed by atoms with Crippen LogP contribution in [-0.4, -0.2) is 19.4 Å². The number of hydrogen-bond acceptors (Lipinski definition) is 5. The molecular weight excluding hydrogens is 337 g/mol. The maximum atomic E-state index is 13.3. The van der Waals surface area contributed by atoms with Crippen molar-refractivity contribution in [3.8, 4) is 0 Å². The molecule has 1 aliphatic rings.